The van der Waals surface area contributed by atoms with E-state index in [4.69, 9.17) is 10.5 Å². The second-order valence-electron chi connectivity index (χ2n) is 7.21. The van der Waals surface area contributed by atoms with Gasteiger partial charge in [0.05, 0.1) is 0 Å². The van der Waals surface area contributed by atoms with E-state index in [-0.39, 0.29) is 11.6 Å². The van der Waals surface area contributed by atoms with Crippen LogP contribution in [0.5, 0.6) is 0 Å². The molecule has 1 heterocycles. The van der Waals surface area contributed by atoms with Crippen LogP contribution in [0.2, 0.25) is 0 Å². The van der Waals surface area contributed by atoms with Gasteiger partial charge in [0.15, 0.2) is 0 Å². The van der Waals surface area contributed by atoms with Gasteiger partial charge in [-0.25, -0.2) is 4.79 Å². The number of hydrogen-bond donors (Lipinski definition) is 1. The maximum Gasteiger partial charge on any atom is 0.410 e. The minimum absolute atomic E-state index is 0.0410. The maximum absolute atomic E-state index is 12.1. The molecule has 2 rings (SSSR count). The van der Waals surface area contributed by atoms with Crippen LogP contribution < -0.4 is 5.73 Å². The fourth-order valence-corrected chi connectivity index (χ4v) is 3.38. The number of amides is 1. The zero-order valence-corrected chi connectivity index (χ0v) is 12.6. The molecule has 19 heavy (non-hydrogen) atoms. The van der Waals surface area contributed by atoms with Crippen molar-refractivity contribution in [2.45, 2.75) is 70.4 Å². The lowest BCUT2D eigenvalue weighted by Gasteiger charge is -2.41. The first-order valence-electron chi connectivity index (χ1n) is 7.57. The molecular weight excluding hydrogens is 240 g/mol. The van der Waals surface area contributed by atoms with Crippen molar-refractivity contribution >= 4 is 6.09 Å². The van der Waals surface area contributed by atoms with Crippen LogP contribution in [0.3, 0.4) is 0 Å². The Labute approximate surface area is 116 Å². The van der Waals surface area contributed by atoms with Crippen molar-refractivity contribution in [3.63, 3.8) is 0 Å². The van der Waals surface area contributed by atoms with Gasteiger partial charge in [0, 0.05) is 18.6 Å². The monoisotopic (exact) mass is 268 g/mol. The highest BCUT2D eigenvalue weighted by Crippen LogP contribution is 2.38. The number of nitrogens with zero attached hydrogens (tertiary/aromatic N) is 1. The molecule has 1 saturated carbocycles. The first-order chi connectivity index (χ1) is 8.80. The van der Waals surface area contributed by atoms with Crippen LogP contribution in [-0.4, -0.2) is 35.2 Å². The molecule has 110 valence electrons. The summed E-state index contributed by atoms with van der Waals surface area (Å²) in [7, 11) is 0. The van der Waals surface area contributed by atoms with Gasteiger partial charge >= 0.3 is 6.09 Å². The molecule has 1 unspecified atom stereocenters. The summed E-state index contributed by atoms with van der Waals surface area (Å²) in [6.07, 6.45) is 6.70. The Hall–Kier alpha value is -0.770. The van der Waals surface area contributed by atoms with Crippen LogP contribution in [0, 0.1) is 5.92 Å². The fraction of sp³-hybridized carbons (Fsp3) is 0.933. The molecule has 1 atom stereocenters. The van der Waals surface area contributed by atoms with Crippen molar-refractivity contribution < 1.29 is 9.53 Å². The highest BCUT2D eigenvalue weighted by molar-refractivity contribution is 5.68. The third-order valence-electron chi connectivity index (χ3n) is 4.42. The van der Waals surface area contributed by atoms with Crippen LogP contribution in [-0.2, 0) is 4.74 Å². The van der Waals surface area contributed by atoms with Crippen molar-refractivity contribution in [2.75, 3.05) is 13.1 Å². The summed E-state index contributed by atoms with van der Waals surface area (Å²) in [5, 5.41) is 0. The summed E-state index contributed by atoms with van der Waals surface area (Å²) < 4.78 is 5.47. The predicted octanol–water partition coefficient (Wildman–Crippen LogP) is 2.91. The molecule has 2 N–H and O–H groups in total. The maximum atomic E-state index is 12.1. The van der Waals surface area contributed by atoms with Gasteiger partial charge in [-0.2, -0.15) is 0 Å². The highest BCUT2D eigenvalue weighted by Gasteiger charge is 2.41. The van der Waals surface area contributed by atoms with Gasteiger partial charge in [-0.05, 0) is 52.4 Å². The largest absolute Gasteiger partial charge is 0.444 e. The summed E-state index contributed by atoms with van der Waals surface area (Å²) in [6.45, 7) is 7.31. The lowest BCUT2D eigenvalue weighted by atomic mass is 9.78. The van der Waals surface area contributed by atoms with E-state index in [0.717, 1.165) is 38.8 Å². The van der Waals surface area contributed by atoms with Gasteiger partial charge in [0.25, 0.3) is 0 Å². The molecule has 2 fully saturated rings. The molecule has 2 aliphatic rings. The Morgan fingerprint density at radius 1 is 1.26 bits per heavy atom. The van der Waals surface area contributed by atoms with Crippen molar-refractivity contribution in [1.82, 2.24) is 4.90 Å². The van der Waals surface area contributed by atoms with Crippen molar-refractivity contribution in [3.8, 4) is 0 Å². The van der Waals surface area contributed by atoms with Crippen LogP contribution in [0.1, 0.15) is 59.3 Å². The quantitative estimate of drug-likeness (QED) is 0.795. The third kappa shape index (κ3) is 3.62. The van der Waals surface area contributed by atoms with E-state index in [1.165, 1.54) is 12.8 Å². The first-order valence-corrected chi connectivity index (χ1v) is 7.57. The second-order valence-corrected chi connectivity index (χ2v) is 7.21. The summed E-state index contributed by atoms with van der Waals surface area (Å²) in [6, 6.07) is 0. The van der Waals surface area contributed by atoms with E-state index in [1.807, 2.05) is 25.7 Å². The number of ether oxygens (including phenoxy) is 1. The molecule has 4 nitrogen and oxygen atoms in total. The molecule has 0 aromatic rings. The molecule has 1 amide bonds. The van der Waals surface area contributed by atoms with Gasteiger partial charge in [-0.3, -0.25) is 0 Å². The van der Waals surface area contributed by atoms with E-state index in [2.05, 4.69) is 0 Å². The SMILES string of the molecule is CC(C)(C)OC(=O)N1CCCC(C2(N)CCCC2)C1. The van der Waals surface area contributed by atoms with E-state index >= 15 is 0 Å². The van der Waals surface area contributed by atoms with E-state index in [1.54, 1.807) is 0 Å². The lowest BCUT2D eigenvalue weighted by molar-refractivity contribution is 0.0115. The molecule has 0 radical (unpaired) electrons. The zero-order valence-electron chi connectivity index (χ0n) is 12.6. The van der Waals surface area contributed by atoms with E-state index < -0.39 is 5.60 Å². The minimum atomic E-state index is -0.419. The Kier molecular flexibility index (Phi) is 4.09. The molecule has 1 saturated heterocycles. The number of rotatable bonds is 1. The number of carbonyl (C=O) groups excluding carboxylic acids is 1. The number of piperidine rings is 1. The number of likely N-dealkylation sites (tertiary alicyclic amines) is 1. The van der Waals surface area contributed by atoms with Crippen LogP contribution in [0.15, 0.2) is 0 Å². The Balaban J connectivity index is 1.95. The fourth-order valence-electron chi connectivity index (χ4n) is 3.38. The van der Waals surface area contributed by atoms with Crippen molar-refractivity contribution in [1.29, 1.82) is 0 Å². The standard InChI is InChI=1S/C15H28N2O2/c1-14(2,3)19-13(18)17-10-6-7-12(11-17)15(16)8-4-5-9-15/h12H,4-11,16H2,1-3H3. The smallest absolute Gasteiger partial charge is 0.410 e. The zero-order chi connectivity index (χ0) is 14.1. The second kappa shape index (κ2) is 5.31. The van der Waals surface area contributed by atoms with Gasteiger partial charge in [0.2, 0.25) is 0 Å². The van der Waals surface area contributed by atoms with Crippen molar-refractivity contribution in [3.05, 3.63) is 0 Å². The Morgan fingerprint density at radius 3 is 2.47 bits per heavy atom. The molecule has 0 bridgehead atoms. The van der Waals surface area contributed by atoms with E-state index in [9.17, 15) is 4.79 Å². The summed E-state index contributed by atoms with van der Waals surface area (Å²) >= 11 is 0. The number of nitrogens with two attached hydrogens (primary N) is 1. The summed E-state index contributed by atoms with van der Waals surface area (Å²) in [5.41, 5.74) is 6.08. The Morgan fingerprint density at radius 2 is 1.89 bits per heavy atom. The number of hydrogen-bond acceptors (Lipinski definition) is 3. The van der Waals surface area contributed by atoms with Gasteiger partial charge < -0.3 is 15.4 Å². The molecule has 0 aromatic carbocycles. The van der Waals surface area contributed by atoms with Crippen molar-refractivity contribution in [2.24, 2.45) is 11.7 Å². The van der Waals surface area contributed by atoms with Gasteiger partial charge in [-0.15, -0.1) is 0 Å². The third-order valence-corrected chi connectivity index (χ3v) is 4.42. The topological polar surface area (TPSA) is 55.6 Å². The molecule has 1 aliphatic carbocycles. The first kappa shape index (κ1) is 14.6. The molecule has 0 spiro atoms. The van der Waals surface area contributed by atoms with Crippen LogP contribution >= 0.6 is 0 Å². The van der Waals surface area contributed by atoms with Gasteiger partial charge in [0.1, 0.15) is 5.60 Å². The van der Waals surface area contributed by atoms with E-state index in [0.29, 0.717) is 5.92 Å². The average molecular weight is 268 g/mol. The number of carbonyl (C=O) groups is 1. The molecule has 4 heteroatoms. The summed E-state index contributed by atoms with van der Waals surface area (Å²) in [4.78, 5) is 14.0. The minimum Gasteiger partial charge on any atom is -0.444 e. The Bertz CT molecular complexity index is 330. The molecule has 1 aliphatic heterocycles. The molecular formula is C15H28N2O2. The highest BCUT2D eigenvalue weighted by atomic mass is 16.6. The lowest BCUT2D eigenvalue weighted by Crippen LogP contribution is -2.53. The van der Waals surface area contributed by atoms with Crippen LogP contribution in [0.25, 0.3) is 0 Å². The summed E-state index contributed by atoms with van der Waals surface area (Å²) in [5.74, 6) is 0.441. The normalized spacial score (nSPS) is 27.4. The van der Waals surface area contributed by atoms with Crippen LogP contribution in [0.4, 0.5) is 4.79 Å². The van der Waals surface area contributed by atoms with Gasteiger partial charge in [-0.1, -0.05) is 12.8 Å². The predicted molar refractivity (Wildman–Crippen MR) is 75.9 cm³/mol. The average Bonchev–Trinajstić information content (AvgIpc) is 2.76. The molecule has 0 aromatic heterocycles.